The third kappa shape index (κ3) is 5.34. The number of pyridine rings is 1. The van der Waals surface area contributed by atoms with Crippen molar-refractivity contribution in [2.75, 3.05) is 18.6 Å². The number of carbonyl (C=O) groups excluding carboxylic acids is 1. The van der Waals surface area contributed by atoms with Gasteiger partial charge in [-0.3, -0.25) is 4.79 Å². The number of halogens is 5. The van der Waals surface area contributed by atoms with E-state index in [1.54, 1.807) is 0 Å². The zero-order chi connectivity index (χ0) is 31.4. The van der Waals surface area contributed by atoms with E-state index in [4.69, 9.17) is 14.6 Å². The average Bonchev–Trinajstić information content (AvgIpc) is 3.53. The van der Waals surface area contributed by atoms with Crippen LogP contribution in [0.15, 0.2) is 60.8 Å². The van der Waals surface area contributed by atoms with Crippen molar-refractivity contribution in [3.63, 3.8) is 0 Å². The van der Waals surface area contributed by atoms with Crippen LogP contribution in [0.5, 0.6) is 17.4 Å². The molecule has 1 amide bonds. The zero-order valence-electron chi connectivity index (χ0n) is 22.3. The smallest absolute Gasteiger partial charge is 0.478 e. The topological polar surface area (TPSA) is 125 Å². The van der Waals surface area contributed by atoms with Gasteiger partial charge < -0.3 is 29.0 Å². The maximum Gasteiger partial charge on any atom is 0.586 e. The van der Waals surface area contributed by atoms with E-state index in [2.05, 4.69) is 19.6 Å². The van der Waals surface area contributed by atoms with Crippen molar-refractivity contribution in [1.29, 1.82) is 0 Å². The van der Waals surface area contributed by atoms with Crippen molar-refractivity contribution < 1.29 is 55.6 Å². The number of rotatable bonds is 6. The number of carboxylic acids is 1. The molecule has 11 nitrogen and oxygen atoms in total. The van der Waals surface area contributed by atoms with E-state index in [1.807, 2.05) is 0 Å². The number of aromatic nitrogens is 3. The monoisotopic (exact) mass is 618 g/mol. The quantitative estimate of drug-likeness (QED) is 0.289. The second-order valence-corrected chi connectivity index (χ2v) is 9.65. The molecule has 0 bridgehead atoms. The lowest BCUT2D eigenvalue weighted by molar-refractivity contribution is -0.286. The molecule has 0 saturated heterocycles. The highest BCUT2D eigenvalue weighted by molar-refractivity contribution is 6.06. The predicted molar refractivity (Wildman–Crippen MR) is 138 cm³/mol. The Morgan fingerprint density at radius 3 is 2.55 bits per heavy atom. The van der Waals surface area contributed by atoms with Gasteiger partial charge >= 0.3 is 18.4 Å². The van der Waals surface area contributed by atoms with Gasteiger partial charge in [-0.15, -0.1) is 8.78 Å². The fourth-order valence-corrected chi connectivity index (χ4v) is 4.75. The van der Waals surface area contributed by atoms with E-state index in [-0.39, 0.29) is 57.7 Å². The van der Waals surface area contributed by atoms with E-state index >= 15 is 0 Å². The number of fused-ring (bicyclic) bond motifs is 2. The number of hydrogen-bond donors (Lipinski definition) is 1. The highest BCUT2D eigenvalue weighted by Gasteiger charge is 2.44. The van der Waals surface area contributed by atoms with Crippen LogP contribution in [0, 0.1) is 0 Å². The molecular weight excluding hydrogens is 599 g/mol. The van der Waals surface area contributed by atoms with Gasteiger partial charge in [0.25, 0.3) is 5.91 Å². The Hall–Kier alpha value is -5.25. The van der Waals surface area contributed by atoms with Crippen molar-refractivity contribution in [1.82, 2.24) is 14.8 Å². The average molecular weight is 618 g/mol. The molecule has 6 rings (SSSR count). The minimum absolute atomic E-state index is 0.00217. The molecule has 1 atom stereocenters. The van der Waals surface area contributed by atoms with Gasteiger partial charge in [-0.1, -0.05) is 6.07 Å². The van der Waals surface area contributed by atoms with Crippen LogP contribution in [0.1, 0.15) is 43.8 Å². The van der Waals surface area contributed by atoms with Gasteiger partial charge in [-0.25, -0.2) is 14.5 Å². The molecule has 0 aliphatic carbocycles. The van der Waals surface area contributed by atoms with Crippen molar-refractivity contribution in [3.8, 4) is 23.1 Å². The Morgan fingerprint density at radius 1 is 1.07 bits per heavy atom. The molecule has 1 N–H and O–H groups in total. The lowest BCUT2D eigenvalue weighted by atomic mass is 10.1. The molecule has 4 aromatic rings. The SMILES string of the molecule is CN(C(=O)c1cccc(-n2nc(C(F)(F)F)c3c2C(Oc2ccc(C(=O)O)cn2)COC3)c1)c1ccc2c(c1)OC(F)(F)O2. The minimum atomic E-state index is -4.86. The van der Waals surface area contributed by atoms with E-state index in [0.717, 1.165) is 15.8 Å². The van der Waals surface area contributed by atoms with Gasteiger partial charge in [-0.2, -0.15) is 18.3 Å². The molecule has 44 heavy (non-hydrogen) atoms. The zero-order valence-corrected chi connectivity index (χ0v) is 22.3. The third-order valence-corrected chi connectivity index (χ3v) is 6.77. The second-order valence-electron chi connectivity index (χ2n) is 9.65. The van der Waals surface area contributed by atoms with Crippen molar-refractivity contribution in [3.05, 3.63) is 88.9 Å². The van der Waals surface area contributed by atoms with Gasteiger partial charge in [0.05, 0.1) is 30.2 Å². The summed E-state index contributed by atoms with van der Waals surface area (Å²) in [5.74, 6) is -2.39. The fourth-order valence-electron chi connectivity index (χ4n) is 4.75. The molecule has 4 heterocycles. The highest BCUT2D eigenvalue weighted by atomic mass is 19.4. The molecule has 2 aromatic carbocycles. The van der Waals surface area contributed by atoms with Crippen LogP contribution in [0.2, 0.25) is 0 Å². The first-order valence-electron chi connectivity index (χ1n) is 12.7. The Balaban J connectivity index is 1.34. The van der Waals surface area contributed by atoms with Gasteiger partial charge in [0.1, 0.15) is 0 Å². The first-order chi connectivity index (χ1) is 20.8. The summed E-state index contributed by atoms with van der Waals surface area (Å²) in [7, 11) is 1.38. The first kappa shape index (κ1) is 28.9. The van der Waals surface area contributed by atoms with Gasteiger partial charge in [0.2, 0.25) is 5.88 Å². The van der Waals surface area contributed by atoms with Crippen molar-refractivity contribution in [2.45, 2.75) is 25.2 Å². The Labute approximate surface area is 243 Å². The van der Waals surface area contributed by atoms with E-state index < -0.39 is 42.8 Å². The highest BCUT2D eigenvalue weighted by Crippen LogP contribution is 2.43. The fraction of sp³-hybridized carbons (Fsp3) is 0.214. The summed E-state index contributed by atoms with van der Waals surface area (Å²) in [4.78, 5) is 29.6. The summed E-state index contributed by atoms with van der Waals surface area (Å²) in [5.41, 5.74) is -1.28. The molecule has 2 aromatic heterocycles. The van der Waals surface area contributed by atoms with E-state index in [0.29, 0.717) is 0 Å². The summed E-state index contributed by atoms with van der Waals surface area (Å²) in [6, 6.07) is 11.9. The van der Waals surface area contributed by atoms with Crippen LogP contribution in [0.3, 0.4) is 0 Å². The van der Waals surface area contributed by atoms with Crippen LogP contribution >= 0.6 is 0 Å². The van der Waals surface area contributed by atoms with Crippen LogP contribution in [-0.2, 0) is 17.5 Å². The number of carboxylic acid groups (broad SMARTS) is 1. The van der Waals surface area contributed by atoms with Gasteiger partial charge in [-0.05, 0) is 36.4 Å². The molecule has 0 radical (unpaired) electrons. The number of alkyl halides is 5. The number of hydrogen-bond acceptors (Lipinski definition) is 8. The summed E-state index contributed by atoms with van der Waals surface area (Å²) in [6.45, 7) is -0.594. The number of nitrogens with zero attached hydrogens (tertiary/aromatic N) is 4. The van der Waals surface area contributed by atoms with Crippen LogP contribution in [0.4, 0.5) is 27.6 Å². The maximum absolute atomic E-state index is 14.1. The standard InChI is InChI=1S/C28H19F5N4O7/c1-36(16-6-7-19-20(10-16)44-28(32,33)43-19)25(38)14-3-2-4-17(9-14)37-23-18(24(35-37)27(29,30)31)12-41-13-21(23)42-22-8-5-15(11-34-22)26(39)40/h2-11,21H,12-13H2,1H3,(H,39,40). The molecule has 16 heteroatoms. The molecule has 2 aliphatic rings. The van der Waals surface area contributed by atoms with Gasteiger partial charge in [0, 0.05) is 42.2 Å². The first-order valence-corrected chi connectivity index (χ1v) is 12.7. The predicted octanol–water partition coefficient (Wildman–Crippen LogP) is 5.23. The largest absolute Gasteiger partial charge is 0.586 e. The van der Waals surface area contributed by atoms with Gasteiger partial charge in [0.15, 0.2) is 23.3 Å². The normalized spacial score (nSPS) is 16.7. The number of aromatic carboxylic acids is 1. The molecule has 228 valence electrons. The summed E-state index contributed by atoms with van der Waals surface area (Å²) >= 11 is 0. The number of amides is 1. The lowest BCUT2D eigenvalue weighted by Crippen LogP contribution is -2.27. The molecule has 0 saturated carbocycles. The van der Waals surface area contributed by atoms with Crippen LogP contribution in [0.25, 0.3) is 5.69 Å². The third-order valence-electron chi connectivity index (χ3n) is 6.77. The molecule has 0 spiro atoms. The summed E-state index contributed by atoms with van der Waals surface area (Å²) in [6.07, 6.45) is -8.80. The number of ether oxygens (including phenoxy) is 4. The van der Waals surface area contributed by atoms with Crippen molar-refractivity contribution in [2.24, 2.45) is 0 Å². The molecule has 1 unspecified atom stereocenters. The van der Waals surface area contributed by atoms with E-state index in [9.17, 15) is 31.5 Å². The maximum atomic E-state index is 14.1. The number of anilines is 1. The van der Waals surface area contributed by atoms with Crippen LogP contribution in [-0.4, -0.2) is 51.7 Å². The summed E-state index contributed by atoms with van der Waals surface area (Å²) in [5, 5.41) is 12.9. The Bertz CT molecular complexity index is 1780. The van der Waals surface area contributed by atoms with Crippen LogP contribution < -0.4 is 19.1 Å². The second kappa shape index (κ2) is 10.5. The molecular formula is C28H19F5N4O7. The molecule has 2 aliphatic heterocycles. The Morgan fingerprint density at radius 2 is 1.84 bits per heavy atom. The van der Waals surface area contributed by atoms with E-state index in [1.165, 1.54) is 61.6 Å². The number of benzene rings is 2. The lowest BCUT2D eigenvalue weighted by Gasteiger charge is -2.25. The van der Waals surface area contributed by atoms with Crippen molar-refractivity contribution >= 4 is 17.6 Å². The Kier molecular flexibility index (Phi) is 6.87. The number of carbonyl (C=O) groups is 2. The minimum Gasteiger partial charge on any atom is -0.478 e. The summed E-state index contributed by atoms with van der Waals surface area (Å²) < 4.78 is 90.1. The molecule has 0 fully saturated rings.